The Balaban J connectivity index is 1.30. The zero-order chi connectivity index (χ0) is 28.8. The quantitative estimate of drug-likeness (QED) is 0.384. The zero-order valence-electron chi connectivity index (χ0n) is 24.2. The molecule has 0 saturated carbocycles. The second-order valence-electron chi connectivity index (χ2n) is 10.9. The maximum Gasteiger partial charge on any atom is 0.273 e. The van der Waals surface area contributed by atoms with Gasteiger partial charge in [0.1, 0.15) is 0 Å². The fourth-order valence-electron chi connectivity index (χ4n) is 5.30. The van der Waals surface area contributed by atoms with Crippen LogP contribution in [-0.2, 0) is 4.74 Å². The van der Waals surface area contributed by atoms with Crippen molar-refractivity contribution in [3.63, 3.8) is 0 Å². The molecule has 1 aromatic heterocycles. The molecule has 3 heterocycles. The normalized spacial score (nSPS) is 16.5. The van der Waals surface area contributed by atoms with Crippen molar-refractivity contribution in [3.8, 4) is 5.69 Å². The molecule has 2 amide bonds. The van der Waals surface area contributed by atoms with Crippen LogP contribution in [0.25, 0.3) is 5.69 Å². The van der Waals surface area contributed by atoms with Crippen LogP contribution >= 0.6 is 0 Å². The van der Waals surface area contributed by atoms with Gasteiger partial charge in [0.2, 0.25) is 0 Å². The highest BCUT2D eigenvalue weighted by molar-refractivity contribution is 6.06. The van der Waals surface area contributed by atoms with Crippen LogP contribution in [0.4, 0.5) is 11.4 Å². The Hall–Kier alpha value is -3.80. The van der Waals surface area contributed by atoms with Gasteiger partial charge in [-0.1, -0.05) is 22.4 Å². The molecule has 0 unspecified atom stereocenters. The van der Waals surface area contributed by atoms with Crippen molar-refractivity contribution in [2.75, 3.05) is 82.8 Å². The molecule has 0 aliphatic carbocycles. The number of morpholine rings is 1. The summed E-state index contributed by atoms with van der Waals surface area (Å²) >= 11 is 0. The third-order valence-electron chi connectivity index (χ3n) is 7.59. The van der Waals surface area contributed by atoms with Crippen molar-refractivity contribution in [3.05, 3.63) is 65.0 Å². The number of carbonyl (C=O) groups excluding carboxylic acids is 2. The van der Waals surface area contributed by atoms with Gasteiger partial charge in [-0.3, -0.25) is 14.5 Å². The number of piperazine rings is 1. The largest absolute Gasteiger partial charge is 0.379 e. The lowest BCUT2D eigenvalue weighted by Gasteiger charge is -2.35. The number of ether oxygens (including phenoxy) is 1. The minimum atomic E-state index is -0.254. The first-order valence-electron chi connectivity index (χ1n) is 14.3. The molecule has 0 spiro atoms. The van der Waals surface area contributed by atoms with Gasteiger partial charge in [-0.05, 0) is 64.2 Å². The number of hydrogen-bond acceptors (Lipinski definition) is 8. The highest BCUT2D eigenvalue weighted by Gasteiger charge is 2.20. The molecular formula is C30H40N8O3. The summed E-state index contributed by atoms with van der Waals surface area (Å²) in [5.74, 6) is -0.421. The lowest BCUT2D eigenvalue weighted by Crippen LogP contribution is -2.44. The van der Waals surface area contributed by atoms with Gasteiger partial charge < -0.3 is 25.2 Å². The number of rotatable bonds is 9. The minimum absolute atomic E-state index is 0.167. The molecular weight excluding hydrogens is 520 g/mol. The monoisotopic (exact) mass is 560 g/mol. The van der Waals surface area contributed by atoms with Crippen LogP contribution in [0.15, 0.2) is 42.6 Å². The summed E-state index contributed by atoms with van der Waals surface area (Å²) in [5.41, 5.74) is 5.30. The lowest BCUT2D eigenvalue weighted by molar-refractivity contribution is 0.0374. The van der Waals surface area contributed by atoms with Crippen molar-refractivity contribution in [1.29, 1.82) is 0 Å². The van der Waals surface area contributed by atoms with Crippen molar-refractivity contribution in [2.24, 2.45) is 0 Å². The molecule has 5 rings (SSSR count). The Morgan fingerprint density at radius 2 is 1.66 bits per heavy atom. The van der Waals surface area contributed by atoms with Crippen LogP contribution < -0.4 is 15.5 Å². The minimum Gasteiger partial charge on any atom is -0.379 e. The molecule has 2 aromatic carbocycles. The van der Waals surface area contributed by atoms with E-state index in [1.54, 1.807) is 10.9 Å². The summed E-state index contributed by atoms with van der Waals surface area (Å²) in [6, 6.07) is 11.7. The fourth-order valence-corrected chi connectivity index (χ4v) is 5.30. The van der Waals surface area contributed by atoms with Gasteiger partial charge in [0.15, 0.2) is 5.69 Å². The molecule has 2 saturated heterocycles. The Morgan fingerprint density at radius 1 is 0.927 bits per heavy atom. The van der Waals surface area contributed by atoms with Crippen LogP contribution in [0.2, 0.25) is 0 Å². The van der Waals surface area contributed by atoms with E-state index in [2.05, 4.69) is 48.8 Å². The predicted molar refractivity (Wildman–Crippen MR) is 159 cm³/mol. The molecule has 2 N–H and O–H groups in total. The van der Waals surface area contributed by atoms with Crippen LogP contribution in [-0.4, -0.2) is 109 Å². The topological polar surface area (TPSA) is 108 Å². The number of anilines is 2. The molecule has 2 aliphatic rings. The Kier molecular flexibility index (Phi) is 9.28. The highest BCUT2D eigenvalue weighted by atomic mass is 16.5. The number of nitrogens with zero attached hydrogens (tertiary/aromatic N) is 6. The number of amides is 2. The standard InChI is InChI=1S/C30H40N8O3/c1-22-17-23(2)19-24(18-22)29(39)32-26-20-25(5-6-28(26)37-11-9-35(3)10-12-37)38-21-27(33-34-38)30(40)31-7-4-8-36-13-15-41-16-14-36/h5-6,17-21H,4,7-16H2,1-3H3,(H,31,40)(H,32,39). The van der Waals surface area contributed by atoms with E-state index in [1.165, 1.54) is 0 Å². The van der Waals surface area contributed by atoms with E-state index in [4.69, 9.17) is 4.74 Å². The molecule has 3 aromatic rings. The molecule has 11 nitrogen and oxygen atoms in total. The molecule has 218 valence electrons. The molecule has 11 heteroatoms. The maximum absolute atomic E-state index is 13.3. The number of aromatic nitrogens is 3. The molecule has 0 atom stereocenters. The van der Waals surface area contributed by atoms with Gasteiger partial charge >= 0.3 is 0 Å². The van der Waals surface area contributed by atoms with Crippen molar-refractivity contribution in [1.82, 2.24) is 30.1 Å². The van der Waals surface area contributed by atoms with Gasteiger partial charge in [0.05, 0.1) is 36.5 Å². The van der Waals surface area contributed by atoms with Gasteiger partial charge in [0, 0.05) is 51.4 Å². The summed E-state index contributed by atoms with van der Waals surface area (Å²) in [6.07, 6.45) is 2.48. The van der Waals surface area contributed by atoms with Crippen molar-refractivity contribution >= 4 is 23.2 Å². The Morgan fingerprint density at radius 3 is 2.39 bits per heavy atom. The first kappa shape index (κ1) is 28.7. The number of likely N-dealkylation sites (N-methyl/N-ethyl adjacent to an activating group) is 1. The molecule has 41 heavy (non-hydrogen) atoms. The van der Waals surface area contributed by atoms with Crippen LogP contribution in [0.5, 0.6) is 0 Å². The number of nitrogens with one attached hydrogen (secondary N) is 2. The average molecular weight is 561 g/mol. The van der Waals surface area contributed by atoms with Crippen LogP contribution in [0.3, 0.4) is 0 Å². The van der Waals surface area contributed by atoms with Crippen molar-refractivity contribution < 1.29 is 14.3 Å². The Bertz CT molecular complexity index is 1340. The zero-order valence-corrected chi connectivity index (χ0v) is 24.2. The summed E-state index contributed by atoms with van der Waals surface area (Å²) in [5, 5.41) is 14.4. The van der Waals surface area contributed by atoms with Gasteiger partial charge in [-0.2, -0.15) is 0 Å². The molecule has 0 bridgehead atoms. The van der Waals surface area contributed by atoms with E-state index in [-0.39, 0.29) is 17.5 Å². The van der Waals surface area contributed by atoms with Crippen LogP contribution in [0.1, 0.15) is 38.4 Å². The highest BCUT2D eigenvalue weighted by Crippen LogP contribution is 2.30. The van der Waals surface area contributed by atoms with Crippen molar-refractivity contribution in [2.45, 2.75) is 20.3 Å². The van der Waals surface area contributed by atoms with Gasteiger partial charge in [-0.15, -0.1) is 5.10 Å². The Labute approximate surface area is 241 Å². The van der Waals surface area contributed by atoms with E-state index in [0.717, 1.165) is 82.3 Å². The second-order valence-corrected chi connectivity index (χ2v) is 10.9. The number of carbonyl (C=O) groups is 2. The predicted octanol–water partition coefficient (Wildman–Crippen LogP) is 2.34. The average Bonchev–Trinajstić information content (AvgIpc) is 3.46. The van der Waals surface area contributed by atoms with Gasteiger partial charge in [-0.25, -0.2) is 4.68 Å². The van der Waals surface area contributed by atoms with Gasteiger partial charge in [0.25, 0.3) is 11.8 Å². The maximum atomic E-state index is 13.3. The van der Waals surface area contributed by atoms with E-state index < -0.39 is 0 Å². The number of aryl methyl sites for hydroxylation is 2. The third kappa shape index (κ3) is 7.49. The molecule has 0 radical (unpaired) electrons. The SMILES string of the molecule is Cc1cc(C)cc(C(=O)Nc2cc(-n3cc(C(=O)NCCCN4CCOCC4)nn3)ccc2N2CCN(C)CC2)c1. The smallest absolute Gasteiger partial charge is 0.273 e. The van der Waals surface area contributed by atoms with E-state index in [9.17, 15) is 9.59 Å². The first-order valence-corrected chi connectivity index (χ1v) is 14.3. The first-order chi connectivity index (χ1) is 19.9. The summed E-state index contributed by atoms with van der Waals surface area (Å²) in [4.78, 5) is 33.0. The summed E-state index contributed by atoms with van der Waals surface area (Å²) < 4.78 is 6.96. The van der Waals surface area contributed by atoms with Crippen LogP contribution in [0, 0.1) is 13.8 Å². The number of hydrogen-bond donors (Lipinski definition) is 2. The van der Waals surface area contributed by atoms with E-state index in [1.807, 2.05) is 44.2 Å². The van der Waals surface area contributed by atoms with E-state index in [0.29, 0.717) is 23.5 Å². The molecule has 2 fully saturated rings. The fraction of sp³-hybridized carbons (Fsp3) is 0.467. The lowest BCUT2D eigenvalue weighted by atomic mass is 10.1. The van der Waals surface area contributed by atoms with E-state index >= 15 is 0 Å². The summed E-state index contributed by atoms with van der Waals surface area (Å²) in [6.45, 7) is 12.5. The second kappa shape index (κ2) is 13.2. The number of benzene rings is 2. The molecule has 2 aliphatic heterocycles. The third-order valence-corrected chi connectivity index (χ3v) is 7.59. The summed E-state index contributed by atoms with van der Waals surface area (Å²) in [7, 11) is 2.12.